The Morgan fingerprint density at radius 1 is 1.29 bits per heavy atom. The van der Waals surface area contributed by atoms with Crippen LogP contribution in [0.3, 0.4) is 0 Å². The molecule has 144 valence electrons. The molecule has 4 rings (SSSR count). The van der Waals surface area contributed by atoms with Crippen LogP contribution in [0.1, 0.15) is 21.9 Å². The van der Waals surface area contributed by atoms with Gasteiger partial charge in [-0.05, 0) is 23.6 Å². The van der Waals surface area contributed by atoms with Gasteiger partial charge in [-0.25, -0.2) is 0 Å². The summed E-state index contributed by atoms with van der Waals surface area (Å²) < 4.78 is 5.34. The normalized spacial score (nSPS) is 22.4. The van der Waals surface area contributed by atoms with E-state index < -0.39 is 5.25 Å². The number of thioether (sulfide) groups is 2. The second kappa shape index (κ2) is 8.33. The van der Waals surface area contributed by atoms with Crippen molar-refractivity contribution in [3.8, 4) is 0 Å². The van der Waals surface area contributed by atoms with Gasteiger partial charge >= 0.3 is 0 Å². The third-order valence-corrected chi connectivity index (χ3v) is 6.83. The van der Waals surface area contributed by atoms with E-state index in [-0.39, 0.29) is 30.6 Å². The van der Waals surface area contributed by atoms with Crippen LogP contribution >= 0.6 is 34.9 Å². The van der Waals surface area contributed by atoms with E-state index in [2.05, 4.69) is 15.5 Å². The Bertz CT molecular complexity index is 953. The molecule has 2 aromatic heterocycles. The molecule has 11 heteroatoms. The fraction of sp³-hybridized carbons (Fsp3) is 0.235. The highest BCUT2D eigenvalue weighted by Gasteiger charge is 2.40. The third-order valence-electron chi connectivity index (χ3n) is 3.89. The number of carbonyl (C=O) groups excluding carboxylic acids is 3. The zero-order valence-corrected chi connectivity index (χ0v) is 16.8. The maximum atomic E-state index is 12.9. The highest BCUT2D eigenvalue weighted by molar-refractivity contribution is 8.15. The molecule has 1 atom stereocenters. The fourth-order valence-electron chi connectivity index (χ4n) is 2.59. The number of amidine groups is 2. The molecule has 0 aromatic carbocycles. The number of thiophene rings is 1. The SMILES string of the molecule is O=C1CS/C(=N/N=C2/SC(CC(=O)c3cccs3)C(=O)N2Cc2ccco2)N1. The third kappa shape index (κ3) is 4.21. The van der Waals surface area contributed by atoms with E-state index in [1.165, 1.54) is 46.0 Å². The van der Waals surface area contributed by atoms with Crippen molar-refractivity contribution < 1.29 is 18.8 Å². The molecule has 0 bridgehead atoms. The fourth-order valence-corrected chi connectivity index (χ4v) is 4.98. The molecular formula is C17H14N4O4S3. The van der Waals surface area contributed by atoms with Gasteiger partial charge in [0.15, 0.2) is 16.1 Å². The van der Waals surface area contributed by atoms with Gasteiger partial charge in [0.1, 0.15) is 5.76 Å². The van der Waals surface area contributed by atoms with E-state index in [0.29, 0.717) is 26.7 Å². The van der Waals surface area contributed by atoms with Crippen LogP contribution < -0.4 is 5.32 Å². The van der Waals surface area contributed by atoms with Crippen molar-refractivity contribution in [3.63, 3.8) is 0 Å². The Morgan fingerprint density at radius 2 is 2.18 bits per heavy atom. The average molecular weight is 435 g/mol. The first-order valence-corrected chi connectivity index (χ1v) is 11.0. The number of hydrogen-bond donors (Lipinski definition) is 1. The van der Waals surface area contributed by atoms with Crippen LogP contribution in [-0.2, 0) is 16.1 Å². The maximum Gasteiger partial charge on any atom is 0.243 e. The Hall–Kier alpha value is -2.37. The summed E-state index contributed by atoms with van der Waals surface area (Å²) in [6.45, 7) is 0.200. The highest BCUT2D eigenvalue weighted by atomic mass is 32.2. The van der Waals surface area contributed by atoms with Crippen LogP contribution in [0.15, 0.2) is 50.5 Å². The molecule has 0 radical (unpaired) electrons. The molecule has 0 aliphatic carbocycles. The molecule has 2 amide bonds. The van der Waals surface area contributed by atoms with E-state index in [4.69, 9.17) is 4.42 Å². The second-order valence-electron chi connectivity index (χ2n) is 5.84. The lowest BCUT2D eigenvalue weighted by molar-refractivity contribution is -0.126. The first-order valence-electron chi connectivity index (χ1n) is 8.25. The first kappa shape index (κ1) is 19.0. The predicted molar refractivity (Wildman–Crippen MR) is 109 cm³/mol. The monoisotopic (exact) mass is 434 g/mol. The summed E-state index contributed by atoms with van der Waals surface area (Å²) in [4.78, 5) is 38.7. The van der Waals surface area contributed by atoms with Gasteiger partial charge in [0.05, 0.1) is 28.7 Å². The molecule has 2 aliphatic rings. The van der Waals surface area contributed by atoms with E-state index in [1.807, 2.05) is 5.38 Å². The number of hydrogen-bond acceptors (Lipinski definition) is 9. The molecule has 1 N–H and O–H groups in total. The molecule has 2 fully saturated rings. The molecule has 28 heavy (non-hydrogen) atoms. The van der Waals surface area contributed by atoms with E-state index in [9.17, 15) is 14.4 Å². The lowest BCUT2D eigenvalue weighted by Crippen LogP contribution is -2.32. The van der Waals surface area contributed by atoms with Crippen LogP contribution in [0.25, 0.3) is 0 Å². The van der Waals surface area contributed by atoms with E-state index in [0.717, 1.165) is 0 Å². The number of Topliss-reactive ketones (excluding diaryl/α,β-unsaturated/α-hetero) is 1. The van der Waals surface area contributed by atoms with Crippen molar-refractivity contribution in [2.45, 2.75) is 18.2 Å². The summed E-state index contributed by atoms with van der Waals surface area (Å²) >= 11 is 3.80. The van der Waals surface area contributed by atoms with Gasteiger partial charge in [-0.2, -0.15) is 0 Å². The number of nitrogens with zero attached hydrogens (tertiary/aromatic N) is 3. The van der Waals surface area contributed by atoms with Crippen LogP contribution in [0.2, 0.25) is 0 Å². The van der Waals surface area contributed by atoms with Crippen molar-refractivity contribution in [1.82, 2.24) is 10.2 Å². The van der Waals surface area contributed by atoms with Gasteiger partial charge in [0.2, 0.25) is 11.8 Å². The van der Waals surface area contributed by atoms with Gasteiger partial charge in [-0.15, -0.1) is 21.5 Å². The van der Waals surface area contributed by atoms with Crippen molar-refractivity contribution >= 4 is 62.8 Å². The Labute approximate surface area is 172 Å². The number of furan rings is 1. The van der Waals surface area contributed by atoms with Gasteiger partial charge in [0.25, 0.3) is 0 Å². The zero-order valence-electron chi connectivity index (χ0n) is 14.4. The van der Waals surface area contributed by atoms with Crippen molar-refractivity contribution in [2.75, 3.05) is 5.75 Å². The standard InChI is InChI=1S/C17H14N4O4S3/c22-11(12-4-2-6-26-12)7-13-15(24)21(8-10-3-1-5-25-10)17(28-13)20-19-16-18-14(23)9-27-16/h1-6,13H,7-9H2,(H,18,19,23)/b20-17+. The van der Waals surface area contributed by atoms with Crippen molar-refractivity contribution in [3.05, 3.63) is 46.5 Å². The first-order chi connectivity index (χ1) is 13.6. The number of carbonyl (C=O) groups is 3. The molecule has 4 heterocycles. The minimum Gasteiger partial charge on any atom is -0.467 e. The Morgan fingerprint density at radius 3 is 2.86 bits per heavy atom. The van der Waals surface area contributed by atoms with Gasteiger partial charge in [-0.3, -0.25) is 19.3 Å². The van der Waals surface area contributed by atoms with E-state index >= 15 is 0 Å². The molecule has 2 aliphatic heterocycles. The van der Waals surface area contributed by atoms with Crippen LogP contribution in [-0.4, -0.2) is 43.8 Å². The molecule has 0 saturated carbocycles. The van der Waals surface area contributed by atoms with Gasteiger partial charge in [-0.1, -0.05) is 29.6 Å². The molecule has 1 unspecified atom stereocenters. The Balaban J connectivity index is 1.54. The summed E-state index contributed by atoms with van der Waals surface area (Å²) in [5, 5.41) is 12.8. The Kier molecular flexibility index (Phi) is 5.64. The summed E-state index contributed by atoms with van der Waals surface area (Å²) in [7, 11) is 0. The molecule has 2 saturated heterocycles. The quantitative estimate of drug-likeness (QED) is 0.553. The van der Waals surface area contributed by atoms with E-state index in [1.54, 1.807) is 24.3 Å². The number of nitrogens with one attached hydrogen (secondary N) is 1. The summed E-state index contributed by atoms with van der Waals surface area (Å²) in [6, 6.07) is 7.06. The van der Waals surface area contributed by atoms with Gasteiger partial charge < -0.3 is 9.73 Å². The van der Waals surface area contributed by atoms with Crippen LogP contribution in [0.5, 0.6) is 0 Å². The minimum absolute atomic E-state index is 0.0787. The molecule has 2 aromatic rings. The summed E-state index contributed by atoms with van der Waals surface area (Å²) in [5.74, 6) is 0.469. The number of rotatable bonds is 6. The predicted octanol–water partition coefficient (Wildman–Crippen LogP) is 2.55. The van der Waals surface area contributed by atoms with Crippen LogP contribution in [0.4, 0.5) is 0 Å². The lowest BCUT2D eigenvalue weighted by Gasteiger charge is -2.13. The molecular weight excluding hydrogens is 420 g/mol. The summed E-state index contributed by atoms with van der Waals surface area (Å²) in [6.07, 6.45) is 1.61. The average Bonchev–Trinajstić information content (AvgIpc) is 3.46. The minimum atomic E-state index is -0.575. The number of ketones is 1. The summed E-state index contributed by atoms with van der Waals surface area (Å²) in [5.41, 5.74) is 0. The van der Waals surface area contributed by atoms with Crippen molar-refractivity contribution in [2.24, 2.45) is 10.2 Å². The zero-order chi connectivity index (χ0) is 19.5. The second-order valence-corrected chi connectivity index (χ2v) is 8.92. The maximum absolute atomic E-state index is 12.9. The molecule has 0 spiro atoms. The van der Waals surface area contributed by atoms with Crippen LogP contribution in [0, 0.1) is 0 Å². The largest absolute Gasteiger partial charge is 0.467 e. The number of amides is 2. The highest BCUT2D eigenvalue weighted by Crippen LogP contribution is 2.32. The topological polar surface area (TPSA) is 104 Å². The smallest absolute Gasteiger partial charge is 0.243 e. The van der Waals surface area contributed by atoms with Crippen molar-refractivity contribution in [1.29, 1.82) is 0 Å². The van der Waals surface area contributed by atoms with Gasteiger partial charge in [0, 0.05) is 6.42 Å². The molecule has 8 nitrogen and oxygen atoms in total. The lowest BCUT2D eigenvalue weighted by atomic mass is 10.1.